The number of nitrogens with zero attached hydrogens (tertiary/aromatic N) is 2. The van der Waals surface area contributed by atoms with Crippen LogP contribution in [0.25, 0.3) is 0 Å². The molecule has 1 heterocycles. The number of anilines is 1. The topological polar surface area (TPSA) is 93.4 Å². The maximum atomic E-state index is 13.3. The van der Waals surface area contributed by atoms with E-state index >= 15 is 0 Å². The zero-order valence-electron chi connectivity index (χ0n) is 17.4. The highest BCUT2D eigenvalue weighted by atomic mass is 35.5. The van der Waals surface area contributed by atoms with E-state index in [0.717, 1.165) is 30.6 Å². The number of ether oxygens (including phenoxy) is 1. The Morgan fingerprint density at radius 2 is 2.06 bits per heavy atom. The van der Waals surface area contributed by atoms with Crippen molar-refractivity contribution >= 4 is 23.3 Å². The van der Waals surface area contributed by atoms with E-state index in [-0.39, 0.29) is 10.9 Å². The van der Waals surface area contributed by atoms with Gasteiger partial charge in [0.15, 0.2) is 0 Å². The molecule has 2 N–H and O–H groups in total. The molecule has 31 heavy (non-hydrogen) atoms. The first-order valence-corrected chi connectivity index (χ1v) is 11.2. The summed E-state index contributed by atoms with van der Waals surface area (Å²) in [5, 5.41) is 17.7. The molecule has 2 unspecified atom stereocenters. The first kappa shape index (κ1) is 20.4. The van der Waals surface area contributed by atoms with Crippen LogP contribution in [-0.2, 0) is 16.9 Å². The number of nitrogens with one attached hydrogen (secondary N) is 1. The lowest BCUT2D eigenvalue weighted by Crippen LogP contribution is -2.63. The minimum absolute atomic E-state index is 0.0535. The van der Waals surface area contributed by atoms with Crippen LogP contribution < -0.4 is 15.6 Å². The van der Waals surface area contributed by atoms with Gasteiger partial charge in [0.1, 0.15) is 10.8 Å². The summed E-state index contributed by atoms with van der Waals surface area (Å²) in [7, 11) is 1.61. The Hall–Kier alpha value is -2.54. The van der Waals surface area contributed by atoms with Gasteiger partial charge in [0.25, 0.3) is 5.56 Å². The lowest BCUT2D eigenvalue weighted by atomic mass is 9.48. The maximum absolute atomic E-state index is 13.3. The van der Waals surface area contributed by atoms with Gasteiger partial charge in [-0.3, -0.25) is 9.59 Å². The minimum atomic E-state index is -0.825. The molecule has 0 saturated heterocycles. The second kappa shape index (κ2) is 7.55. The van der Waals surface area contributed by atoms with Crippen LogP contribution in [0.4, 0.5) is 5.69 Å². The van der Waals surface area contributed by atoms with Gasteiger partial charge in [0.05, 0.1) is 30.5 Å². The van der Waals surface area contributed by atoms with Crippen molar-refractivity contribution in [1.29, 1.82) is 0 Å². The zero-order chi connectivity index (χ0) is 21.8. The number of methoxy groups -OCH3 is 1. The standard InChI is InChI=1S/C23H26ClN3O4/c1-31-17-4-2-3-13(8-17)11-25-18-12-26-27(21(28)20(18)24)23-9-14-5-15(10-23)7-16(6-14)19(23)22(29)30/h2-4,8,12,14-16,19,25H,5-7,9-11H2,1H3,(H,29,30)/t14-,15+,16?,19-,23?/m0/s1. The predicted molar refractivity (Wildman–Crippen MR) is 116 cm³/mol. The largest absolute Gasteiger partial charge is 0.497 e. The number of benzene rings is 1. The van der Waals surface area contributed by atoms with Crippen LogP contribution in [0.1, 0.15) is 37.7 Å². The summed E-state index contributed by atoms with van der Waals surface area (Å²) in [5.74, 6) is 0.381. The number of hydrogen-bond donors (Lipinski definition) is 2. The van der Waals surface area contributed by atoms with Crippen molar-refractivity contribution in [2.45, 2.75) is 44.2 Å². The molecule has 164 valence electrons. The van der Waals surface area contributed by atoms with Crippen LogP contribution in [0, 0.1) is 23.7 Å². The highest BCUT2D eigenvalue weighted by Gasteiger charge is 2.61. The minimum Gasteiger partial charge on any atom is -0.497 e. The molecule has 4 aliphatic carbocycles. The lowest BCUT2D eigenvalue weighted by molar-refractivity contribution is -0.168. The molecule has 0 radical (unpaired) electrons. The van der Waals surface area contributed by atoms with Gasteiger partial charge in [0, 0.05) is 6.54 Å². The third kappa shape index (κ3) is 3.30. The van der Waals surface area contributed by atoms with Gasteiger partial charge in [-0.2, -0.15) is 5.10 Å². The highest BCUT2D eigenvalue weighted by Crippen LogP contribution is 2.61. The molecule has 4 fully saturated rings. The predicted octanol–water partition coefficient (Wildman–Crippen LogP) is 3.75. The van der Waals surface area contributed by atoms with Crippen LogP contribution >= 0.6 is 11.6 Å². The molecule has 6 rings (SSSR count). The quantitative estimate of drug-likeness (QED) is 0.706. The Bertz CT molecular complexity index is 1070. The number of carboxylic acids is 1. The van der Waals surface area contributed by atoms with E-state index in [0.29, 0.717) is 36.9 Å². The molecule has 0 aliphatic heterocycles. The average Bonchev–Trinajstić information content (AvgIpc) is 2.73. The van der Waals surface area contributed by atoms with Gasteiger partial charge in [-0.15, -0.1) is 0 Å². The summed E-state index contributed by atoms with van der Waals surface area (Å²) < 4.78 is 6.66. The molecular formula is C23H26ClN3O4. The van der Waals surface area contributed by atoms with E-state index < -0.39 is 23.0 Å². The molecule has 2 aromatic rings. The normalized spacial score (nSPS) is 30.9. The van der Waals surface area contributed by atoms with E-state index in [2.05, 4.69) is 10.4 Å². The summed E-state index contributed by atoms with van der Waals surface area (Å²) in [6.07, 6.45) is 5.96. The Morgan fingerprint density at radius 3 is 2.74 bits per heavy atom. The van der Waals surface area contributed by atoms with Crippen molar-refractivity contribution in [2.24, 2.45) is 23.7 Å². The number of rotatable bonds is 6. The van der Waals surface area contributed by atoms with Crippen molar-refractivity contribution in [3.63, 3.8) is 0 Å². The number of halogens is 1. The molecular weight excluding hydrogens is 418 g/mol. The monoisotopic (exact) mass is 443 g/mol. The van der Waals surface area contributed by atoms with Crippen LogP contribution in [0.3, 0.4) is 0 Å². The van der Waals surface area contributed by atoms with Crippen molar-refractivity contribution in [3.05, 3.63) is 51.4 Å². The van der Waals surface area contributed by atoms with E-state index in [1.807, 2.05) is 24.3 Å². The Kier molecular flexibility index (Phi) is 4.96. The van der Waals surface area contributed by atoms with Crippen molar-refractivity contribution in [2.75, 3.05) is 12.4 Å². The third-order valence-corrected chi connectivity index (χ3v) is 7.86. The Morgan fingerprint density at radius 1 is 1.32 bits per heavy atom. The van der Waals surface area contributed by atoms with Crippen molar-refractivity contribution in [1.82, 2.24) is 9.78 Å². The molecule has 0 amide bonds. The smallest absolute Gasteiger partial charge is 0.309 e. The number of hydrogen-bond acceptors (Lipinski definition) is 5. The van der Waals surface area contributed by atoms with Crippen LogP contribution in [0.2, 0.25) is 5.02 Å². The second-order valence-corrected chi connectivity index (χ2v) is 9.70. The van der Waals surface area contributed by atoms with E-state index in [1.54, 1.807) is 13.3 Å². The van der Waals surface area contributed by atoms with Gasteiger partial charge in [-0.25, -0.2) is 4.68 Å². The number of carboxylic acid groups (broad SMARTS) is 1. The zero-order valence-corrected chi connectivity index (χ0v) is 18.1. The molecule has 4 bridgehead atoms. The first-order valence-electron chi connectivity index (χ1n) is 10.8. The van der Waals surface area contributed by atoms with Crippen molar-refractivity contribution < 1.29 is 14.6 Å². The molecule has 0 spiro atoms. The summed E-state index contributed by atoms with van der Waals surface area (Å²) in [6, 6.07) is 7.61. The van der Waals surface area contributed by atoms with Gasteiger partial charge >= 0.3 is 5.97 Å². The fourth-order valence-corrected chi connectivity index (χ4v) is 6.78. The second-order valence-electron chi connectivity index (χ2n) is 9.32. The summed E-state index contributed by atoms with van der Waals surface area (Å²) in [4.78, 5) is 25.5. The van der Waals surface area contributed by atoms with Crippen LogP contribution in [-0.4, -0.2) is 28.0 Å². The van der Waals surface area contributed by atoms with E-state index in [4.69, 9.17) is 16.3 Å². The van der Waals surface area contributed by atoms with Gasteiger partial charge in [-0.1, -0.05) is 23.7 Å². The van der Waals surface area contributed by atoms with Crippen molar-refractivity contribution in [3.8, 4) is 5.75 Å². The molecule has 1 aromatic heterocycles. The number of aromatic nitrogens is 2. The van der Waals surface area contributed by atoms with Crippen LogP contribution in [0.15, 0.2) is 35.3 Å². The van der Waals surface area contributed by atoms with Gasteiger partial charge in [-0.05, 0) is 67.6 Å². The lowest BCUT2D eigenvalue weighted by Gasteiger charge is -2.59. The SMILES string of the molecule is COc1cccc(CNc2cnn(C34C[C@@H]5CC(C[C@@H](C5)C3)[C@H]4C(=O)O)c(=O)c2Cl)c1. The number of carbonyl (C=O) groups is 1. The summed E-state index contributed by atoms with van der Waals surface area (Å²) in [6.45, 7) is 0.456. The van der Waals surface area contributed by atoms with E-state index in [9.17, 15) is 14.7 Å². The fraction of sp³-hybridized carbons (Fsp3) is 0.522. The molecule has 1 aromatic carbocycles. The first-order chi connectivity index (χ1) is 14.9. The molecule has 7 nitrogen and oxygen atoms in total. The van der Waals surface area contributed by atoms with E-state index in [1.165, 1.54) is 4.68 Å². The molecule has 4 aliphatic rings. The van der Waals surface area contributed by atoms with Gasteiger partial charge in [0.2, 0.25) is 0 Å². The Balaban J connectivity index is 1.46. The molecule has 5 atom stereocenters. The summed E-state index contributed by atoms with van der Waals surface area (Å²) >= 11 is 6.48. The highest BCUT2D eigenvalue weighted by molar-refractivity contribution is 6.32. The van der Waals surface area contributed by atoms with Crippen LogP contribution in [0.5, 0.6) is 5.75 Å². The Labute approximate surface area is 185 Å². The average molecular weight is 444 g/mol. The fourth-order valence-electron chi connectivity index (χ4n) is 6.59. The molecule has 4 saturated carbocycles. The third-order valence-electron chi connectivity index (χ3n) is 7.50. The summed E-state index contributed by atoms with van der Waals surface area (Å²) in [5.41, 5.74) is 0.242. The maximum Gasteiger partial charge on any atom is 0.309 e. The van der Waals surface area contributed by atoms with Gasteiger partial charge < -0.3 is 15.2 Å². The molecule has 8 heteroatoms. The number of aliphatic carboxylic acids is 1.